The molecule has 7 nitrogen and oxygen atoms in total. The molecular formula is C24H29Cl2N3O4S. The van der Waals surface area contributed by atoms with Gasteiger partial charge in [-0.15, -0.1) is 0 Å². The predicted molar refractivity (Wildman–Crippen MR) is 136 cm³/mol. The number of hydrogen-bond acceptors (Lipinski definition) is 4. The molecule has 1 heterocycles. The van der Waals surface area contributed by atoms with E-state index in [9.17, 15) is 18.0 Å². The molecule has 0 unspecified atom stereocenters. The van der Waals surface area contributed by atoms with Crippen LogP contribution in [0.15, 0.2) is 42.5 Å². The summed E-state index contributed by atoms with van der Waals surface area (Å²) in [6, 6.07) is 11.5. The lowest BCUT2D eigenvalue weighted by Gasteiger charge is -2.31. The van der Waals surface area contributed by atoms with E-state index in [-0.39, 0.29) is 29.1 Å². The molecule has 34 heavy (non-hydrogen) atoms. The van der Waals surface area contributed by atoms with Gasteiger partial charge in [-0.2, -0.15) is 0 Å². The van der Waals surface area contributed by atoms with E-state index >= 15 is 0 Å². The number of unbranched alkanes of at least 4 members (excludes halogenated alkanes) is 1. The highest BCUT2D eigenvalue weighted by Crippen LogP contribution is 2.27. The lowest BCUT2D eigenvalue weighted by atomic mass is 9.98. The maximum Gasteiger partial charge on any atom is 0.253 e. The fraction of sp³-hybridized carbons (Fsp3) is 0.417. The zero-order chi connectivity index (χ0) is 24.7. The zero-order valence-electron chi connectivity index (χ0n) is 19.0. The topological polar surface area (TPSA) is 95.6 Å². The second-order valence-corrected chi connectivity index (χ2v) is 11.1. The highest BCUT2D eigenvalue weighted by Gasteiger charge is 2.33. The molecule has 0 spiro atoms. The van der Waals surface area contributed by atoms with Crippen LogP contribution in [-0.4, -0.2) is 44.2 Å². The molecule has 0 aliphatic carbocycles. The third kappa shape index (κ3) is 6.95. The largest absolute Gasteiger partial charge is 0.352 e. The van der Waals surface area contributed by atoms with Crippen molar-refractivity contribution in [3.05, 3.63) is 63.6 Å². The third-order valence-corrected chi connectivity index (χ3v) is 8.13. The van der Waals surface area contributed by atoms with E-state index in [0.717, 1.165) is 12.8 Å². The van der Waals surface area contributed by atoms with Gasteiger partial charge in [0.1, 0.15) is 0 Å². The number of sulfonamides is 1. The summed E-state index contributed by atoms with van der Waals surface area (Å²) in [5.74, 6) is -1.35. The van der Waals surface area contributed by atoms with Gasteiger partial charge in [0.15, 0.2) is 0 Å². The summed E-state index contributed by atoms with van der Waals surface area (Å²) < 4.78 is 27.4. The number of rotatable bonds is 9. The molecule has 0 saturated carbocycles. The van der Waals surface area contributed by atoms with Gasteiger partial charge in [-0.25, -0.2) is 12.7 Å². The average Bonchev–Trinajstić information content (AvgIpc) is 2.81. The quantitative estimate of drug-likeness (QED) is 0.463. The average molecular weight is 526 g/mol. The molecule has 1 atom stereocenters. The van der Waals surface area contributed by atoms with Crippen molar-refractivity contribution in [1.82, 2.24) is 9.62 Å². The number of hydrogen-bond donors (Lipinski definition) is 2. The van der Waals surface area contributed by atoms with E-state index < -0.39 is 15.9 Å². The highest BCUT2D eigenvalue weighted by atomic mass is 35.5. The Labute approximate surface area is 210 Å². The van der Waals surface area contributed by atoms with Crippen molar-refractivity contribution >= 4 is 50.7 Å². The summed E-state index contributed by atoms with van der Waals surface area (Å²) in [5, 5.41) is 6.40. The summed E-state index contributed by atoms with van der Waals surface area (Å²) in [6.45, 7) is 3.01. The van der Waals surface area contributed by atoms with Gasteiger partial charge in [-0.05, 0) is 49.1 Å². The Balaban J connectivity index is 1.67. The third-order valence-electron chi connectivity index (χ3n) is 5.75. The molecular weight excluding hydrogens is 497 g/mol. The van der Waals surface area contributed by atoms with Crippen LogP contribution in [0.1, 0.15) is 48.5 Å². The Kier molecular flexibility index (Phi) is 9.36. The molecule has 1 aliphatic rings. The van der Waals surface area contributed by atoms with E-state index in [4.69, 9.17) is 23.2 Å². The van der Waals surface area contributed by atoms with Crippen LogP contribution in [0.5, 0.6) is 0 Å². The van der Waals surface area contributed by atoms with Gasteiger partial charge in [0, 0.05) is 29.7 Å². The first-order valence-electron chi connectivity index (χ1n) is 11.3. The van der Waals surface area contributed by atoms with Crippen LogP contribution in [-0.2, 0) is 20.6 Å². The first-order valence-corrected chi connectivity index (χ1v) is 13.7. The minimum Gasteiger partial charge on any atom is -0.352 e. The van der Waals surface area contributed by atoms with Crippen LogP contribution < -0.4 is 10.6 Å². The van der Waals surface area contributed by atoms with Crippen LogP contribution in [0.4, 0.5) is 5.69 Å². The van der Waals surface area contributed by atoms with Crippen molar-refractivity contribution in [1.29, 1.82) is 0 Å². The molecule has 1 saturated heterocycles. The van der Waals surface area contributed by atoms with E-state index in [0.29, 0.717) is 47.8 Å². The first kappa shape index (κ1) is 26.5. The Bertz CT molecular complexity index is 1140. The van der Waals surface area contributed by atoms with Gasteiger partial charge in [0.05, 0.1) is 22.9 Å². The number of piperidine rings is 1. The molecule has 2 aromatic rings. The zero-order valence-corrected chi connectivity index (χ0v) is 21.3. The SMILES string of the molecule is CCCCNC(=O)c1ccccc1NC(=O)[C@@H]1CCCN(S(=O)(=O)Cc2ccc(Cl)cc2Cl)C1. The van der Waals surface area contributed by atoms with Crippen molar-refractivity contribution in [2.24, 2.45) is 5.92 Å². The van der Waals surface area contributed by atoms with Crippen LogP contribution in [0, 0.1) is 5.92 Å². The van der Waals surface area contributed by atoms with Crippen LogP contribution in [0.2, 0.25) is 10.0 Å². The number of amides is 2. The molecule has 1 fully saturated rings. The molecule has 3 rings (SSSR count). The second-order valence-electron chi connectivity index (χ2n) is 8.33. The molecule has 2 amide bonds. The number of benzene rings is 2. The highest BCUT2D eigenvalue weighted by molar-refractivity contribution is 7.88. The lowest BCUT2D eigenvalue weighted by molar-refractivity contribution is -0.120. The van der Waals surface area contributed by atoms with Gasteiger partial charge in [0.25, 0.3) is 5.91 Å². The summed E-state index contributed by atoms with van der Waals surface area (Å²) in [6.07, 6.45) is 2.95. The number of carbonyl (C=O) groups excluding carboxylic acids is 2. The van der Waals surface area contributed by atoms with Crippen molar-refractivity contribution in [3.8, 4) is 0 Å². The number of halogens is 2. The van der Waals surface area contributed by atoms with Crippen LogP contribution >= 0.6 is 23.2 Å². The first-order chi connectivity index (χ1) is 16.2. The molecule has 10 heteroatoms. The van der Waals surface area contributed by atoms with Gasteiger partial charge in [-0.3, -0.25) is 9.59 Å². The van der Waals surface area contributed by atoms with Gasteiger partial charge >= 0.3 is 0 Å². The number of anilines is 1. The minimum absolute atomic E-state index is 0.0736. The van der Waals surface area contributed by atoms with E-state index in [1.165, 1.54) is 10.4 Å². The molecule has 184 valence electrons. The normalized spacial score (nSPS) is 16.7. The Morgan fingerprint density at radius 1 is 1.15 bits per heavy atom. The van der Waals surface area contributed by atoms with Crippen molar-refractivity contribution < 1.29 is 18.0 Å². The number of para-hydroxylation sites is 1. The molecule has 1 aliphatic heterocycles. The molecule has 0 aromatic heterocycles. The Morgan fingerprint density at radius 3 is 2.65 bits per heavy atom. The van der Waals surface area contributed by atoms with Crippen molar-refractivity contribution in [2.45, 2.75) is 38.4 Å². The maximum absolute atomic E-state index is 13.0. The van der Waals surface area contributed by atoms with E-state index in [1.54, 1.807) is 36.4 Å². The summed E-state index contributed by atoms with van der Waals surface area (Å²) in [5.41, 5.74) is 1.25. The molecule has 2 N–H and O–H groups in total. The Hall–Kier alpha value is -2.13. The molecule has 0 radical (unpaired) electrons. The van der Waals surface area contributed by atoms with Crippen molar-refractivity contribution in [2.75, 3.05) is 25.0 Å². The number of carbonyl (C=O) groups is 2. The fourth-order valence-corrected chi connectivity index (χ4v) is 6.03. The summed E-state index contributed by atoms with van der Waals surface area (Å²) in [4.78, 5) is 25.6. The van der Waals surface area contributed by atoms with Crippen molar-refractivity contribution in [3.63, 3.8) is 0 Å². The Morgan fingerprint density at radius 2 is 1.91 bits per heavy atom. The minimum atomic E-state index is -3.68. The predicted octanol–water partition coefficient (Wildman–Crippen LogP) is 4.70. The number of nitrogens with one attached hydrogen (secondary N) is 2. The summed E-state index contributed by atoms with van der Waals surface area (Å²) >= 11 is 12.1. The van der Waals surface area contributed by atoms with Gasteiger partial charge < -0.3 is 10.6 Å². The van der Waals surface area contributed by atoms with Gasteiger partial charge in [0.2, 0.25) is 15.9 Å². The van der Waals surface area contributed by atoms with Crippen LogP contribution in [0.3, 0.4) is 0 Å². The number of nitrogens with zero attached hydrogens (tertiary/aromatic N) is 1. The molecule has 0 bridgehead atoms. The fourth-order valence-electron chi connectivity index (χ4n) is 3.83. The second kappa shape index (κ2) is 12.0. The summed E-state index contributed by atoms with van der Waals surface area (Å²) in [7, 11) is -3.68. The van der Waals surface area contributed by atoms with E-state index in [1.807, 2.05) is 6.92 Å². The van der Waals surface area contributed by atoms with E-state index in [2.05, 4.69) is 10.6 Å². The smallest absolute Gasteiger partial charge is 0.253 e. The maximum atomic E-state index is 13.0. The monoisotopic (exact) mass is 525 g/mol. The van der Waals surface area contributed by atoms with Gasteiger partial charge in [-0.1, -0.05) is 54.7 Å². The molecule has 2 aromatic carbocycles. The van der Waals surface area contributed by atoms with Crippen LogP contribution in [0.25, 0.3) is 0 Å². The standard InChI is InChI=1S/C24H29Cl2N3O4S/c1-2-3-12-27-24(31)20-8-4-5-9-22(20)28-23(30)17-7-6-13-29(15-17)34(32,33)16-18-10-11-19(25)14-21(18)26/h4-5,8-11,14,17H,2-3,6-7,12-13,15-16H2,1H3,(H,27,31)(H,28,30)/t17-/m1/s1. The lowest BCUT2D eigenvalue weighted by Crippen LogP contribution is -2.44.